The van der Waals surface area contributed by atoms with Crippen molar-refractivity contribution in [2.75, 3.05) is 0 Å². The van der Waals surface area contributed by atoms with Crippen LogP contribution in [-0.4, -0.2) is 0 Å². The standard InChI is InChI=1S/C36H32O2P2/c1-7-19-31(20-8-1)39(32-21-9-2-10-22-32,33-23-11-3-12-24-33)37-38-40(34-25-13-4-14-26-34,35-27-15-5-16-28-35)36-29-17-6-18-30-36/h1-30,39-40H. The molecule has 0 fully saturated rings. The summed E-state index contributed by atoms with van der Waals surface area (Å²) in [5.74, 6) is 0. The van der Waals surface area contributed by atoms with Crippen LogP contribution in [0.4, 0.5) is 0 Å². The normalized spacial score (nSPS) is 12.5. The second-order valence-corrected chi connectivity index (χ2v) is 16.2. The molecule has 40 heavy (non-hydrogen) atoms. The molecule has 6 rings (SSSR count). The summed E-state index contributed by atoms with van der Waals surface area (Å²) in [5, 5.41) is 6.77. The quantitative estimate of drug-likeness (QED) is 0.119. The number of hydrogen-bond acceptors (Lipinski definition) is 2. The minimum atomic E-state index is -3.12. The van der Waals surface area contributed by atoms with Crippen LogP contribution in [0.15, 0.2) is 182 Å². The van der Waals surface area contributed by atoms with Gasteiger partial charge in [0.05, 0.1) is 0 Å². The molecule has 0 aliphatic rings. The Labute approximate surface area is 237 Å². The first-order valence-electron chi connectivity index (χ1n) is 13.5. The molecule has 6 aromatic rings. The third-order valence-electron chi connectivity index (χ3n) is 7.37. The summed E-state index contributed by atoms with van der Waals surface area (Å²) in [6, 6.07) is 63.4. The van der Waals surface area contributed by atoms with E-state index in [2.05, 4.69) is 182 Å². The molecule has 0 saturated carbocycles. The molecule has 198 valence electrons. The molecule has 4 heteroatoms. The van der Waals surface area contributed by atoms with Crippen LogP contribution in [0.3, 0.4) is 0 Å². The fraction of sp³-hybridized carbons (Fsp3) is 0. The summed E-state index contributed by atoms with van der Waals surface area (Å²) in [6.07, 6.45) is 0. The predicted molar refractivity (Wildman–Crippen MR) is 175 cm³/mol. The third kappa shape index (κ3) is 4.92. The van der Waals surface area contributed by atoms with E-state index in [0.717, 1.165) is 31.8 Å². The molecule has 0 atom stereocenters. The van der Waals surface area contributed by atoms with Crippen LogP contribution < -0.4 is 31.8 Å². The minimum absolute atomic E-state index is 1.13. The van der Waals surface area contributed by atoms with Crippen LogP contribution in [0.5, 0.6) is 0 Å². The molecule has 0 aromatic heterocycles. The van der Waals surface area contributed by atoms with Gasteiger partial charge in [0.25, 0.3) is 0 Å². The van der Waals surface area contributed by atoms with Gasteiger partial charge in [0.1, 0.15) is 0 Å². The van der Waals surface area contributed by atoms with Crippen molar-refractivity contribution in [3.05, 3.63) is 182 Å². The molecule has 0 unspecified atom stereocenters. The first kappa shape index (κ1) is 26.3. The zero-order valence-corrected chi connectivity index (χ0v) is 24.1. The molecule has 0 N–H and O–H groups in total. The molecule has 0 aliphatic heterocycles. The molecule has 2 nitrogen and oxygen atoms in total. The summed E-state index contributed by atoms with van der Waals surface area (Å²) < 4.78 is 14.4. The van der Waals surface area contributed by atoms with Gasteiger partial charge in [-0.1, -0.05) is 0 Å². The van der Waals surface area contributed by atoms with Crippen molar-refractivity contribution in [3.8, 4) is 0 Å². The van der Waals surface area contributed by atoms with E-state index in [1.54, 1.807) is 0 Å². The Morgan fingerprint density at radius 2 is 0.375 bits per heavy atom. The van der Waals surface area contributed by atoms with E-state index >= 15 is 0 Å². The van der Waals surface area contributed by atoms with Crippen molar-refractivity contribution in [1.82, 2.24) is 0 Å². The maximum absolute atomic E-state index is 7.22. The van der Waals surface area contributed by atoms with E-state index in [4.69, 9.17) is 9.35 Å². The molecule has 0 aliphatic carbocycles. The second kappa shape index (κ2) is 12.1. The zero-order chi connectivity index (χ0) is 27.1. The van der Waals surface area contributed by atoms with Crippen molar-refractivity contribution < 1.29 is 9.35 Å². The van der Waals surface area contributed by atoms with Crippen molar-refractivity contribution in [1.29, 1.82) is 0 Å². The van der Waals surface area contributed by atoms with Gasteiger partial charge in [-0.25, -0.2) is 0 Å². The SMILES string of the molecule is c1ccc([PH](OO[PH](c2ccccc2)(c2ccccc2)c2ccccc2)(c2ccccc2)c2ccccc2)cc1. The predicted octanol–water partition coefficient (Wildman–Crippen LogP) is 6.22. The van der Waals surface area contributed by atoms with E-state index < -0.39 is 15.0 Å². The fourth-order valence-electron chi connectivity index (χ4n) is 5.45. The van der Waals surface area contributed by atoms with Crippen molar-refractivity contribution in [2.45, 2.75) is 0 Å². The van der Waals surface area contributed by atoms with Gasteiger partial charge >= 0.3 is 238 Å². The molecule has 0 spiro atoms. The van der Waals surface area contributed by atoms with Gasteiger partial charge < -0.3 is 0 Å². The Morgan fingerprint density at radius 3 is 0.525 bits per heavy atom. The van der Waals surface area contributed by atoms with E-state index in [1.165, 1.54) is 0 Å². The monoisotopic (exact) mass is 558 g/mol. The number of rotatable bonds is 9. The Kier molecular flexibility index (Phi) is 7.96. The van der Waals surface area contributed by atoms with Gasteiger partial charge in [0.2, 0.25) is 0 Å². The van der Waals surface area contributed by atoms with Crippen LogP contribution in [0.1, 0.15) is 0 Å². The Bertz CT molecular complexity index is 1290. The average molecular weight is 559 g/mol. The van der Waals surface area contributed by atoms with Crippen LogP contribution >= 0.6 is 15.0 Å². The van der Waals surface area contributed by atoms with Crippen molar-refractivity contribution in [2.24, 2.45) is 0 Å². The van der Waals surface area contributed by atoms with Gasteiger partial charge in [-0.15, -0.1) is 0 Å². The van der Waals surface area contributed by atoms with Gasteiger partial charge in [-0.05, 0) is 0 Å². The van der Waals surface area contributed by atoms with Gasteiger partial charge in [-0.2, -0.15) is 0 Å². The number of hydrogen-bond donors (Lipinski definition) is 0. The first-order valence-corrected chi connectivity index (χ1v) is 17.4. The van der Waals surface area contributed by atoms with Crippen LogP contribution in [0, 0.1) is 0 Å². The van der Waals surface area contributed by atoms with Gasteiger partial charge in [0.15, 0.2) is 0 Å². The fourth-order valence-corrected chi connectivity index (χ4v) is 13.0. The van der Waals surface area contributed by atoms with Crippen LogP contribution in [0.25, 0.3) is 0 Å². The molecular formula is C36H32O2P2. The second-order valence-electron chi connectivity index (χ2n) is 9.73. The van der Waals surface area contributed by atoms with Crippen LogP contribution in [0.2, 0.25) is 0 Å². The zero-order valence-electron chi connectivity index (χ0n) is 22.1. The molecule has 0 amide bonds. The van der Waals surface area contributed by atoms with E-state index in [1.807, 2.05) is 0 Å². The third-order valence-corrected chi connectivity index (χ3v) is 15.1. The Hall–Kier alpha value is -3.90. The summed E-state index contributed by atoms with van der Waals surface area (Å²) in [6.45, 7) is 0. The number of benzene rings is 6. The van der Waals surface area contributed by atoms with E-state index in [0.29, 0.717) is 0 Å². The Morgan fingerprint density at radius 1 is 0.225 bits per heavy atom. The molecule has 6 aromatic carbocycles. The maximum atomic E-state index is 7.22. The average Bonchev–Trinajstić information content (AvgIpc) is 3.06. The topological polar surface area (TPSA) is 18.5 Å². The molecule has 0 saturated heterocycles. The molecular weight excluding hydrogens is 526 g/mol. The summed E-state index contributed by atoms with van der Waals surface area (Å²) in [7, 11) is -6.24. The molecule has 0 heterocycles. The Balaban J connectivity index is 1.62. The summed E-state index contributed by atoms with van der Waals surface area (Å²) in [5.41, 5.74) is 0. The van der Waals surface area contributed by atoms with Gasteiger partial charge in [0, 0.05) is 0 Å². The van der Waals surface area contributed by atoms with Crippen LogP contribution in [-0.2, 0) is 9.35 Å². The summed E-state index contributed by atoms with van der Waals surface area (Å²) >= 11 is 0. The summed E-state index contributed by atoms with van der Waals surface area (Å²) in [4.78, 5) is 0. The van der Waals surface area contributed by atoms with Gasteiger partial charge in [-0.3, -0.25) is 0 Å². The van der Waals surface area contributed by atoms with E-state index in [-0.39, 0.29) is 0 Å². The first-order chi connectivity index (χ1) is 19.8. The van der Waals surface area contributed by atoms with E-state index in [9.17, 15) is 0 Å². The van der Waals surface area contributed by atoms with Crippen molar-refractivity contribution in [3.63, 3.8) is 0 Å². The molecule has 0 bridgehead atoms. The molecule has 0 radical (unpaired) electrons. The van der Waals surface area contributed by atoms with Crippen molar-refractivity contribution >= 4 is 46.8 Å².